The molecule has 0 radical (unpaired) electrons. The number of ether oxygens (including phenoxy) is 1. The maximum atomic E-state index is 13.2. The van der Waals surface area contributed by atoms with E-state index in [1.165, 1.54) is 12.1 Å². The molecule has 1 amide bonds. The molecule has 0 saturated carbocycles. The Labute approximate surface area is 142 Å². The molecule has 1 aliphatic heterocycles. The fourth-order valence-corrected chi connectivity index (χ4v) is 2.72. The Hall–Kier alpha value is -3.29. The van der Waals surface area contributed by atoms with Crippen LogP contribution in [0, 0.1) is 5.82 Å². The summed E-state index contributed by atoms with van der Waals surface area (Å²) in [5, 5.41) is 16.6. The van der Waals surface area contributed by atoms with Gasteiger partial charge in [0.1, 0.15) is 11.6 Å². The van der Waals surface area contributed by atoms with Crippen molar-refractivity contribution in [1.82, 2.24) is 25.9 Å². The Morgan fingerprint density at radius 3 is 2.88 bits per heavy atom. The average Bonchev–Trinajstić information content (AvgIpc) is 3.29. The molecule has 2 N–H and O–H groups in total. The minimum Gasteiger partial charge on any atom is -0.480 e. The molecule has 1 aromatic heterocycles. The molecular formula is C17H14FN5O2. The van der Waals surface area contributed by atoms with Crippen LogP contribution in [0.2, 0.25) is 0 Å². The highest BCUT2D eigenvalue weighted by atomic mass is 19.1. The van der Waals surface area contributed by atoms with Gasteiger partial charge in [-0.3, -0.25) is 4.79 Å². The van der Waals surface area contributed by atoms with Gasteiger partial charge in [0.2, 0.25) is 5.82 Å². The highest BCUT2D eigenvalue weighted by molar-refractivity contribution is 5.82. The number of benzene rings is 2. The number of carbonyl (C=O) groups excluding carboxylic acids is 1. The first-order chi connectivity index (χ1) is 12.2. The molecular weight excluding hydrogens is 325 g/mol. The summed E-state index contributed by atoms with van der Waals surface area (Å²) >= 11 is 0. The van der Waals surface area contributed by atoms with E-state index >= 15 is 0 Å². The van der Waals surface area contributed by atoms with Crippen LogP contribution < -0.4 is 10.1 Å². The quantitative estimate of drug-likeness (QED) is 0.753. The monoisotopic (exact) mass is 339 g/mol. The summed E-state index contributed by atoms with van der Waals surface area (Å²) in [5.74, 6) is 0.523. The van der Waals surface area contributed by atoms with Crippen LogP contribution in [-0.2, 0) is 17.8 Å². The van der Waals surface area contributed by atoms with Crippen molar-refractivity contribution in [3.8, 4) is 17.1 Å². The second-order valence-corrected chi connectivity index (χ2v) is 5.71. The number of rotatable bonds is 4. The molecule has 0 aliphatic carbocycles. The summed E-state index contributed by atoms with van der Waals surface area (Å²) < 4.78 is 18.8. The number of tetrazole rings is 1. The van der Waals surface area contributed by atoms with E-state index in [4.69, 9.17) is 4.74 Å². The molecule has 0 spiro atoms. The van der Waals surface area contributed by atoms with Gasteiger partial charge in [0.05, 0.1) is 0 Å². The lowest BCUT2D eigenvalue weighted by molar-refractivity contribution is -0.127. The van der Waals surface area contributed by atoms with E-state index < -0.39 is 6.10 Å². The molecule has 1 aliphatic rings. The van der Waals surface area contributed by atoms with E-state index in [2.05, 4.69) is 25.9 Å². The number of nitrogens with zero attached hydrogens (tertiary/aromatic N) is 3. The second-order valence-electron chi connectivity index (χ2n) is 5.71. The van der Waals surface area contributed by atoms with Gasteiger partial charge < -0.3 is 10.1 Å². The van der Waals surface area contributed by atoms with Gasteiger partial charge in [-0.15, -0.1) is 10.2 Å². The molecule has 3 aromatic rings. The summed E-state index contributed by atoms with van der Waals surface area (Å²) in [5.41, 5.74) is 2.48. The topological polar surface area (TPSA) is 92.8 Å². The number of aromatic amines is 1. The number of halogens is 1. The van der Waals surface area contributed by atoms with Gasteiger partial charge in [-0.1, -0.05) is 24.3 Å². The number of aromatic nitrogens is 4. The number of hydrogen-bond donors (Lipinski definition) is 2. The minimum atomic E-state index is -0.629. The predicted octanol–water partition coefficient (Wildman–Crippen LogP) is 1.63. The van der Waals surface area contributed by atoms with Crippen molar-refractivity contribution in [2.75, 3.05) is 0 Å². The first kappa shape index (κ1) is 15.3. The van der Waals surface area contributed by atoms with Crippen molar-refractivity contribution < 1.29 is 13.9 Å². The summed E-state index contributed by atoms with van der Waals surface area (Å²) in [7, 11) is 0. The Balaban J connectivity index is 1.35. The first-order valence-corrected chi connectivity index (χ1v) is 7.74. The third-order valence-corrected chi connectivity index (χ3v) is 4.01. The van der Waals surface area contributed by atoms with Crippen LogP contribution >= 0.6 is 0 Å². The third-order valence-electron chi connectivity index (χ3n) is 4.01. The van der Waals surface area contributed by atoms with Crippen LogP contribution in [0.25, 0.3) is 11.4 Å². The van der Waals surface area contributed by atoms with Crippen LogP contribution in [0.4, 0.5) is 4.39 Å². The largest absolute Gasteiger partial charge is 0.480 e. The van der Waals surface area contributed by atoms with Gasteiger partial charge in [-0.25, -0.2) is 4.39 Å². The molecule has 0 fully saturated rings. The molecule has 25 heavy (non-hydrogen) atoms. The van der Waals surface area contributed by atoms with Gasteiger partial charge in [-0.05, 0) is 29.0 Å². The SMILES string of the molecule is O=C(NCc1ccc(-c2nn[nH]n2)cc1)C1Cc2cc(F)ccc2O1. The lowest BCUT2D eigenvalue weighted by Crippen LogP contribution is -2.36. The highest BCUT2D eigenvalue weighted by Crippen LogP contribution is 2.29. The molecule has 2 heterocycles. The molecule has 0 bridgehead atoms. The fourth-order valence-electron chi connectivity index (χ4n) is 2.72. The van der Waals surface area contributed by atoms with E-state index in [9.17, 15) is 9.18 Å². The number of hydrogen-bond acceptors (Lipinski definition) is 5. The summed E-state index contributed by atoms with van der Waals surface area (Å²) in [6, 6.07) is 11.8. The van der Waals surface area contributed by atoms with Crippen molar-refractivity contribution in [3.63, 3.8) is 0 Å². The van der Waals surface area contributed by atoms with Crippen LogP contribution in [0.1, 0.15) is 11.1 Å². The third kappa shape index (κ3) is 3.18. The zero-order chi connectivity index (χ0) is 17.2. The van der Waals surface area contributed by atoms with Crippen molar-refractivity contribution >= 4 is 5.91 Å². The average molecular weight is 339 g/mol. The zero-order valence-electron chi connectivity index (χ0n) is 13.1. The fraction of sp³-hybridized carbons (Fsp3) is 0.176. The number of nitrogens with one attached hydrogen (secondary N) is 2. The van der Waals surface area contributed by atoms with E-state index in [1.807, 2.05) is 24.3 Å². The number of fused-ring (bicyclic) bond motifs is 1. The van der Waals surface area contributed by atoms with Crippen molar-refractivity contribution in [2.24, 2.45) is 0 Å². The van der Waals surface area contributed by atoms with E-state index in [0.29, 0.717) is 30.1 Å². The van der Waals surface area contributed by atoms with Crippen LogP contribution in [0.3, 0.4) is 0 Å². The van der Waals surface area contributed by atoms with Gasteiger partial charge in [0, 0.05) is 24.1 Å². The molecule has 2 aromatic carbocycles. The van der Waals surface area contributed by atoms with Crippen molar-refractivity contribution in [1.29, 1.82) is 0 Å². The molecule has 1 unspecified atom stereocenters. The van der Waals surface area contributed by atoms with E-state index in [0.717, 1.165) is 11.1 Å². The maximum Gasteiger partial charge on any atom is 0.261 e. The summed E-state index contributed by atoms with van der Waals surface area (Å²) in [6.07, 6.45) is -0.259. The molecule has 126 valence electrons. The number of H-pyrrole nitrogens is 1. The predicted molar refractivity (Wildman–Crippen MR) is 86.0 cm³/mol. The Bertz CT molecular complexity index is 896. The Morgan fingerprint density at radius 1 is 1.28 bits per heavy atom. The molecule has 1 atom stereocenters. The summed E-state index contributed by atoms with van der Waals surface area (Å²) in [4.78, 5) is 12.3. The first-order valence-electron chi connectivity index (χ1n) is 7.74. The highest BCUT2D eigenvalue weighted by Gasteiger charge is 2.29. The molecule has 7 nitrogen and oxygen atoms in total. The van der Waals surface area contributed by atoms with E-state index in [-0.39, 0.29) is 11.7 Å². The van der Waals surface area contributed by atoms with Gasteiger partial charge in [0.15, 0.2) is 6.10 Å². The second kappa shape index (κ2) is 6.31. The van der Waals surface area contributed by atoms with Crippen LogP contribution in [0.15, 0.2) is 42.5 Å². The van der Waals surface area contributed by atoms with E-state index in [1.54, 1.807) is 6.07 Å². The molecule has 8 heteroatoms. The van der Waals surface area contributed by atoms with Crippen molar-refractivity contribution in [3.05, 3.63) is 59.4 Å². The number of amides is 1. The maximum absolute atomic E-state index is 13.2. The Morgan fingerprint density at radius 2 is 2.12 bits per heavy atom. The van der Waals surface area contributed by atoms with Gasteiger partial charge in [0.25, 0.3) is 5.91 Å². The number of carbonyl (C=O) groups is 1. The van der Waals surface area contributed by atoms with Gasteiger partial charge >= 0.3 is 0 Å². The Kier molecular flexibility index (Phi) is 3.85. The lowest BCUT2D eigenvalue weighted by Gasteiger charge is -2.11. The van der Waals surface area contributed by atoms with Crippen LogP contribution in [-0.4, -0.2) is 32.6 Å². The summed E-state index contributed by atoms with van der Waals surface area (Å²) in [6.45, 7) is 0.371. The van der Waals surface area contributed by atoms with Crippen LogP contribution in [0.5, 0.6) is 5.75 Å². The minimum absolute atomic E-state index is 0.223. The smallest absolute Gasteiger partial charge is 0.261 e. The molecule has 4 rings (SSSR count). The molecule has 0 saturated heterocycles. The zero-order valence-corrected chi connectivity index (χ0v) is 13.1. The van der Waals surface area contributed by atoms with Crippen molar-refractivity contribution in [2.45, 2.75) is 19.1 Å². The van der Waals surface area contributed by atoms with Gasteiger partial charge in [-0.2, -0.15) is 5.21 Å². The standard InChI is InChI=1S/C17H14FN5O2/c18-13-5-6-14-12(7-13)8-15(25-14)17(24)19-9-10-1-3-11(4-2-10)16-20-22-23-21-16/h1-7,15H,8-9H2,(H,19,24)(H,20,21,22,23). The normalized spacial score (nSPS) is 15.5. The lowest BCUT2D eigenvalue weighted by atomic mass is 10.1.